The molecule has 98 valence electrons. The highest BCUT2D eigenvalue weighted by atomic mass is 19.3. The Balaban J connectivity index is 1.79. The maximum Gasteiger partial charge on any atom is 0.250 e. The summed E-state index contributed by atoms with van der Waals surface area (Å²) in [6.45, 7) is 0.718. The number of para-hydroxylation sites is 1. The van der Waals surface area contributed by atoms with Gasteiger partial charge in [0.2, 0.25) is 5.91 Å². The number of halogens is 2. The number of alkyl halides is 2. The fraction of sp³-hybridized carbons (Fsp3) is 0.462. The average Bonchev–Trinajstić information content (AvgIpc) is 2.33. The Bertz CT molecular complexity index is 399. The summed E-state index contributed by atoms with van der Waals surface area (Å²) in [5.41, 5.74) is 0.727. The lowest BCUT2D eigenvalue weighted by Gasteiger charge is -2.31. The van der Waals surface area contributed by atoms with E-state index in [1.54, 1.807) is 17.0 Å². The van der Waals surface area contributed by atoms with Crippen LogP contribution in [0.1, 0.15) is 12.8 Å². The molecular weight excluding hydrogens is 238 g/mol. The fourth-order valence-corrected chi connectivity index (χ4v) is 1.96. The van der Waals surface area contributed by atoms with E-state index in [-0.39, 0.29) is 38.4 Å². The van der Waals surface area contributed by atoms with E-state index >= 15 is 0 Å². The molecule has 1 aliphatic heterocycles. The molecule has 0 bridgehead atoms. The summed E-state index contributed by atoms with van der Waals surface area (Å²) in [5.74, 6) is -2.72. The van der Waals surface area contributed by atoms with E-state index in [1.807, 2.05) is 18.2 Å². The summed E-state index contributed by atoms with van der Waals surface area (Å²) in [6, 6.07) is 9.11. The third-order valence-electron chi connectivity index (χ3n) is 3.01. The van der Waals surface area contributed by atoms with Gasteiger partial charge in [0, 0.05) is 31.6 Å². The summed E-state index contributed by atoms with van der Waals surface area (Å²) in [4.78, 5) is 13.5. The minimum Gasteiger partial charge on any atom is -0.325 e. The predicted octanol–water partition coefficient (Wildman–Crippen LogP) is 2.36. The molecule has 1 fully saturated rings. The van der Waals surface area contributed by atoms with Gasteiger partial charge < -0.3 is 5.32 Å². The Morgan fingerprint density at radius 1 is 1.22 bits per heavy atom. The third kappa shape index (κ3) is 3.77. The van der Waals surface area contributed by atoms with E-state index in [0.29, 0.717) is 0 Å². The van der Waals surface area contributed by atoms with Crippen LogP contribution in [0.25, 0.3) is 0 Å². The van der Waals surface area contributed by atoms with Gasteiger partial charge in [-0.25, -0.2) is 8.78 Å². The number of hydrogen-bond acceptors (Lipinski definition) is 2. The van der Waals surface area contributed by atoms with Gasteiger partial charge in [0.25, 0.3) is 5.92 Å². The van der Waals surface area contributed by atoms with Crippen molar-refractivity contribution < 1.29 is 13.6 Å². The molecule has 0 aliphatic carbocycles. The molecule has 18 heavy (non-hydrogen) atoms. The number of benzene rings is 1. The molecule has 3 nitrogen and oxygen atoms in total. The normalized spacial score (nSPS) is 19.4. The van der Waals surface area contributed by atoms with E-state index < -0.39 is 5.92 Å². The highest BCUT2D eigenvalue weighted by Gasteiger charge is 2.34. The second-order valence-corrected chi connectivity index (χ2v) is 4.55. The lowest BCUT2D eigenvalue weighted by Crippen LogP contribution is -2.42. The number of anilines is 1. The number of carbonyl (C=O) groups excluding carboxylic acids is 1. The molecule has 0 unspecified atom stereocenters. The van der Waals surface area contributed by atoms with Crippen molar-refractivity contribution in [3.8, 4) is 0 Å². The molecule has 5 heteroatoms. The van der Waals surface area contributed by atoms with Crippen LogP contribution in [0.5, 0.6) is 0 Å². The molecule has 0 spiro atoms. The first-order valence-corrected chi connectivity index (χ1v) is 6.00. The van der Waals surface area contributed by atoms with Crippen molar-refractivity contribution in [3.05, 3.63) is 30.3 Å². The van der Waals surface area contributed by atoms with E-state index in [9.17, 15) is 13.6 Å². The van der Waals surface area contributed by atoms with Crippen LogP contribution < -0.4 is 5.32 Å². The molecule has 1 saturated heterocycles. The summed E-state index contributed by atoms with van der Waals surface area (Å²) in [5, 5.41) is 2.74. The summed E-state index contributed by atoms with van der Waals surface area (Å²) < 4.78 is 25.9. The smallest absolute Gasteiger partial charge is 0.250 e. The molecule has 0 atom stereocenters. The largest absolute Gasteiger partial charge is 0.325 e. The van der Waals surface area contributed by atoms with Gasteiger partial charge in [-0.3, -0.25) is 9.69 Å². The van der Waals surface area contributed by atoms with Gasteiger partial charge in [-0.15, -0.1) is 0 Å². The number of amides is 1. The zero-order chi connectivity index (χ0) is 13.0. The predicted molar refractivity (Wildman–Crippen MR) is 65.7 cm³/mol. The van der Waals surface area contributed by atoms with Crippen molar-refractivity contribution in [2.45, 2.75) is 18.8 Å². The molecule has 2 rings (SSSR count). The Morgan fingerprint density at radius 3 is 2.44 bits per heavy atom. The summed E-state index contributed by atoms with van der Waals surface area (Å²) in [7, 11) is 0. The highest BCUT2D eigenvalue weighted by Crippen LogP contribution is 2.27. The molecule has 0 aromatic heterocycles. The van der Waals surface area contributed by atoms with Gasteiger partial charge in [0.1, 0.15) is 0 Å². The van der Waals surface area contributed by atoms with Gasteiger partial charge in [0.15, 0.2) is 0 Å². The molecule has 0 radical (unpaired) electrons. The van der Waals surface area contributed by atoms with E-state index in [0.717, 1.165) is 5.69 Å². The first-order valence-electron chi connectivity index (χ1n) is 6.00. The average molecular weight is 254 g/mol. The molecule has 1 amide bonds. The Hall–Kier alpha value is -1.49. The van der Waals surface area contributed by atoms with Crippen molar-refractivity contribution in [3.63, 3.8) is 0 Å². The van der Waals surface area contributed by atoms with Gasteiger partial charge in [-0.2, -0.15) is 0 Å². The molecule has 1 aromatic carbocycles. The van der Waals surface area contributed by atoms with E-state index in [1.165, 1.54) is 0 Å². The maximum absolute atomic E-state index is 12.9. The van der Waals surface area contributed by atoms with Crippen molar-refractivity contribution >= 4 is 11.6 Å². The lowest BCUT2D eigenvalue weighted by atomic mass is 10.1. The van der Waals surface area contributed by atoms with Crippen LogP contribution >= 0.6 is 0 Å². The van der Waals surface area contributed by atoms with Crippen LogP contribution in [0, 0.1) is 0 Å². The van der Waals surface area contributed by atoms with Crippen LogP contribution in [0.2, 0.25) is 0 Å². The standard InChI is InChI=1S/C13H16F2N2O/c14-13(15)6-8-17(9-7-13)10-12(18)16-11-4-2-1-3-5-11/h1-5H,6-10H2,(H,16,18). The number of nitrogens with one attached hydrogen (secondary N) is 1. The molecule has 1 N–H and O–H groups in total. The monoisotopic (exact) mass is 254 g/mol. The summed E-state index contributed by atoms with van der Waals surface area (Å²) in [6.07, 6.45) is -0.322. The van der Waals surface area contributed by atoms with Crippen molar-refractivity contribution in [1.82, 2.24) is 4.90 Å². The van der Waals surface area contributed by atoms with Crippen molar-refractivity contribution in [2.75, 3.05) is 25.0 Å². The second-order valence-electron chi connectivity index (χ2n) is 4.55. The number of hydrogen-bond donors (Lipinski definition) is 1. The van der Waals surface area contributed by atoms with Crippen LogP contribution in [0.4, 0.5) is 14.5 Å². The number of carbonyl (C=O) groups is 1. The van der Waals surface area contributed by atoms with Crippen molar-refractivity contribution in [2.24, 2.45) is 0 Å². The Morgan fingerprint density at radius 2 is 1.83 bits per heavy atom. The molecular formula is C13H16F2N2O. The lowest BCUT2D eigenvalue weighted by molar-refractivity contribution is -0.119. The number of piperidine rings is 1. The van der Waals surface area contributed by atoms with Gasteiger partial charge in [0.05, 0.1) is 6.54 Å². The van der Waals surface area contributed by atoms with Crippen LogP contribution in [-0.4, -0.2) is 36.4 Å². The molecule has 1 heterocycles. The SMILES string of the molecule is O=C(CN1CCC(F)(F)CC1)Nc1ccccc1. The number of likely N-dealkylation sites (tertiary alicyclic amines) is 1. The topological polar surface area (TPSA) is 32.3 Å². The van der Waals surface area contributed by atoms with Crippen LogP contribution in [0.15, 0.2) is 30.3 Å². The first kappa shape index (κ1) is 13.0. The molecule has 0 saturated carbocycles. The third-order valence-corrected chi connectivity index (χ3v) is 3.01. The Labute approximate surface area is 105 Å². The summed E-state index contributed by atoms with van der Waals surface area (Å²) >= 11 is 0. The van der Waals surface area contributed by atoms with Crippen molar-refractivity contribution in [1.29, 1.82) is 0 Å². The quantitative estimate of drug-likeness (QED) is 0.898. The second kappa shape index (κ2) is 5.44. The molecule has 1 aliphatic rings. The Kier molecular flexibility index (Phi) is 3.91. The van der Waals surface area contributed by atoms with Gasteiger partial charge in [-0.1, -0.05) is 18.2 Å². The van der Waals surface area contributed by atoms with Crippen LogP contribution in [-0.2, 0) is 4.79 Å². The number of rotatable bonds is 3. The zero-order valence-corrected chi connectivity index (χ0v) is 10.0. The molecule has 1 aromatic rings. The van der Waals surface area contributed by atoms with E-state index in [4.69, 9.17) is 0 Å². The van der Waals surface area contributed by atoms with E-state index in [2.05, 4.69) is 5.32 Å². The first-order chi connectivity index (χ1) is 8.55. The van der Waals surface area contributed by atoms with Gasteiger partial charge >= 0.3 is 0 Å². The minimum atomic E-state index is -2.56. The fourth-order valence-electron chi connectivity index (χ4n) is 1.96. The van der Waals surface area contributed by atoms with Gasteiger partial charge in [-0.05, 0) is 12.1 Å². The van der Waals surface area contributed by atoms with Crippen LogP contribution in [0.3, 0.4) is 0 Å². The minimum absolute atomic E-state index is 0.161. The number of nitrogens with zero attached hydrogens (tertiary/aromatic N) is 1. The highest BCUT2D eigenvalue weighted by molar-refractivity contribution is 5.92. The maximum atomic E-state index is 12.9. The zero-order valence-electron chi connectivity index (χ0n) is 10.0.